The SMILES string of the molecule is Cc1ccsc1Cn1c(CCCl)nc2ccc(C#N)cc21. The van der Waals surface area contributed by atoms with E-state index >= 15 is 0 Å². The van der Waals surface area contributed by atoms with Crippen LogP contribution in [0, 0.1) is 18.3 Å². The Morgan fingerprint density at radius 2 is 2.24 bits per heavy atom. The Bertz CT molecular complexity index is 826. The van der Waals surface area contributed by atoms with Gasteiger partial charge in [0.1, 0.15) is 5.82 Å². The summed E-state index contributed by atoms with van der Waals surface area (Å²) >= 11 is 7.65. The Balaban J connectivity index is 2.14. The number of aromatic nitrogens is 2. The standard InChI is InChI=1S/C16H14ClN3S/c1-11-5-7-21-15(11)10-20-14-8-12(9-18)2-3-13(14)19-16(20)4-6-17/h2-3,5,7-8H,4,6,10H2,1H3. The Labute approximate surface area is 132 Å². The molecule has 0 saturated heterocycles. The first-order valence-corrected chi connectivity index (χ1v) is 8.12. The van der Waals surface area contributed by atoms with Crippen LogP contribution in [-0.2, 0) is 13.0 Å². The van der Waals surface area contributed by atoms with Gasteiger partial charge < -0.3 is 4.57 Å². The quantitative estimate of drug-likeness (QED) is 0.680. The zero-order valence-corrected chi connectivity index (χ0v) is 13.2. The number of nitrogens with zero attached hydrogens (tertiary/aromatic N) is 3. The molecule has 0 saturated carbocycles. The molecule has 21 heavy (non-hydrogen) atoms. The minimum atomic E-state index is 0.540. The van der Waals surface area contributed by atoms with E-state index in [4.69, 9.17) is 16.9 Å². The van der Waals surface area contributed by atoms with Crippen LogP contribution >= 0.6 is 22.9 Å². The molecule has 0 spiro atoms. The molecule has 2 heterocycles. The smallest absolute Gasteiger partial charge is 0.111 e. The van der Waals surface area contributed by atoms with E-state index in [0.29, 0.717) is 11.4 Å². The minimum absolute atomic E-state index is 0.540. The predicted molar refractivity (Wildman–Crippen MR) is 87.0 cm³/mol. The van der Waals surface area contributed by atoms with Crippen LogP contribution in [0.2, 0.25) is 0 Å². The fourth-order valence-electron chi connectivity index (χ4n) is 2.40. The highest BCUT2D eigenvalue weighted by Gasteiger charge is 2.13. The first-order chi connectivity index (χ1) is 10.2. The van der Waals surface area contributed by atoms with Gasteiger partial charge in [0.25, 0.3) is 0 Å². The van der Waals surface area contributed by atoms with Crippen LogP contribution in [0.5, 0.6) is 0 Å². The van der Waals surface area contributed by atoms with Gasteiger partial charge in [-0.3, -0.25) is 0 Å². The molecule has 0 fully saturated rings. The Morgan fingerprint density at radius 3 is 2.90 bits per heavy atom. The van der Waals surface area contributed by atoms with Gasteiger partial charge in [0.15, 0.2) is 0 Å². The predicted octanol–water partition coefficient (Wildman–Crippen LogP) is 4.11. The number of rotatable bonds is 4. The molecule has 2 aromatic heterocycles. The van der Waals surface area contributed by atoms with Gasteiger partial charge in [-0.05, 0) is 42.1 Å². The molecule has 0 atom stereocenters. The monoisotopic (exact) mass is 315 g/mol. The number of imidazole rings is 1. The van der Waals surface area contributed by atoms with E-state index in [2.05, 4.69) is 34.0 Å². The van der Waals surface area contributed by atoms with E-state index in [1.807, 2.05) is 12.1 Å². The van der Waals surface area contributed by atoms with Gasteiger partial charge in [-0.25, -0.2) is 4.98 Å². The second kappa shape index (κ2) is 5.88. The maximum Gasteiger partial charge on any atom is 0.111 e. The van der Waals surface area contributed by atoms with Gasteiger partial charge in [0.2, 0.25) is 0 Å². The van der Waals surface area contributed by atoms with Gasteiger partial charge >= 0.3 is 0 Å². The third-order valence-electron chi connectivity index (χ3n) is 3.54. The summed E-state index contributed by atoms with van der Waals surface area (Å²) in [5, 5.41) is 11.2. The molecule has 0 aliphatic carbocycles. The molecule has 0 N–H and O–H groups in total. The molecule has 3 aromatic rings. The minimum Gasteiger partial charge on any atom is -0.323 e. The molecular formula is C16H14ClN3S. The first-order valence-electron chi connectivity index (χ1n) is 6.71. The lowest BCUT2D eigenvalue weighted by molar-refractivity contribution is 0.760. The zero-order chi connectivity index (χ0) is 14.8. The van der Waals surface area contributed by atoms with Crippen LogP contribution in [0.15, 0.2) is 29.6 Å². The Hall–Kier alpha value is -1.83. The molecule has 5 heteroatoms. The zero-order valence-electron chi connectivity index (χ0n) is 11.6. The van der Waals surface area contributed by atoms with Crippen molar-refractivity contribution in [2.24, 2.45) is 0 Å². The number of alkyl halides is 1. The van der Waals surface area contributed by atoms with Crippen molar-refractivity contribution in [3.05, 3.63) is 51.5 Å². The Kier molecular flexibility index (Phi) is 3.96. The number of benzene rings is 1. The Morgan fingerprint density at radius 1 is 1.38 bits per heavy atom. The molecule has 0 aliphatic rings. The van der Waals surface area contributed by atoms with Gasteiger partial charge in [0, 0.05) is 17.2 Å². The second-order valence-corrected chi connectivity index (χ2v) is 6.27. The van der Waals surface area contributed by atoms with Crippen LogP contribution in [0.4, 0.5) is 0 Å². The number of hydrogen-bond acceptors (Lipinski definition) is 3. The first kappa shape index (κ1) is 14.1. The highest BCUT2D eigenvalue weighted by molar-refractivity contribution is 7.10. The van der Waals surface area contributed by atoms with Crippen molar-refractivity contribution >= 4 is 34.0 Å². The van der Waals surface area contributed by atoms with E-state index in [-0.39, 0.29) is 0 Å². The largest absolute Gasteiger partial charge is 0.323 e. The fraction of sp³-hybridized carbons (Fsp3) is 0.250. The van der Waals surface area contributed by atoms with Gasteiger partial charge in [-0.2, -0.15) is 5.26 Å². The van der Waals surface area contributed by atoms with Crippen molar-refractivity contribution < 1.29 is 0 Å². The van der Waals surface area contributed by atoms with Gasteiger partial charge in [-0.15, -0.1) is 22.9 Å². The number of thiophene rings is 1. The molecular weight excluding hydrogens is 302 g/mol. The van der Waals surface area contributed by atoms with Crippen molar-refractivity contribution in [2.75, 3.05) is 5.88 Å². The van der Waals surface area contributed by atoms with E-state index < -0.39 is 0 Å². The summed E-state index contributed by atoms with van der Waals surface area (Å²) in [5.41, 5.74) is 3.87. The van der Waals surface area contributed by atoms with Gasteiger partial charge in [0.05, 0.1) is 29.2 Å². The number of nitriles is 1. The summed E-state index contributed by atoms with van der Waals surface area (Å²) < 4.78 is 2.18. The molecule has 3 nitrogen and oxygen atoms in total. The normalized spacial score (nSPS) is 10.9. The topological polar surface area (TPSA) is 41.6 Å². The molecule has 3 rings (SSSR count). The molecule has 106 valence electrons. The van der Waals surface area contributed by atoms with Crippen molar-refractivity contribution in [1.82, 2.24) is 9.55 Å². The summed E-state index contributed by atoms with van der Waals surface area (Å²) in [6.07, 6.45) is 0.725. The van der Waals surface area contributed by atoms with Crippen molar-refractivity contribution in [1.29, 1.82) is 5.26 Å². The highest BCUT2D eigenvalue weighted by atomic mass is 35.5. The number of halogens is 1. The maximum absolute atomic E-state index is 9.10. The lowest BCUT2D eigenvalue weighted by Crippen LogP contribution is -2.05. The highest BCUT2D eigenvalue weighted by Crippen LogP contribution is 2.23. The third-order valence-corrected chi connectivity index (χ3v) is 4.74. The van der Waals surface area contributed by atoms with E-state index in [1.165, 1.54) is 10.4 Å². The van der Waals surface area contributed by atoms with Crippen LogP contribution in [0.1, 0.15) is 21.8 Å². The van der Waals surface area contributed by atoms with E-state index in [0.717, 1.165) is 29.8 Å². The molecule has 0 amide bonds. The molecule has 0 bridgehead atoms. The van der Waals surface area contributed by atoms with Crippen LogP contribution in [-0.4, -0.2) is 15.4 Å². The summed E-state index contributed by atoms with van der Waals surface area (Å²) in [6.45, 7) is 2.90. The second-order valence-electron chi connectivity index (χ2n) is 4.90. The summed E-state index contributed by atoms with van der Waals surface area (Å²) in [7, 11) is 0. The summed E-state index contributed by atoms with van der Waals surface area (Å²) in [6, 6.07) is 9.94. The molecule has 0 unspecified atom stereocenters. The summed E-state index contributed by atoms with van der Waals surface area (Å²) in [4.78, 5) is 5.97. The fourth-order valence-corrected chi connectivity index (χ4v) is 3.47. The maximum atomic E-state index is 9.10. The van der Waals surface area contributed by atoms with Crippen molar-refractivity contribution in [2.45, 2.75) is 19.9 Å². The van der Waals surface area contributed by atoms with Crippen molar-refractivity contribution in [3.8, 4) is 6.07 Å². The average Bonchev–Trinajstić information content (AvgIpc) is 3.04. The summed E-state index contributed by atoms with van der Waals surface area (Å²) in [5.74, 6) is 1.51. The van der Waals surface area contributed by atoms with E-state index in [1.54, 1.807) is 17.4 Å². The number of aryl methyl sites for hydroxylation is 2. The third kappa shape index (κ3) is 2.67. The van der Waals surface area contributed by atoms with Crippen molar-refractivity contribution in [3.63, 3.8) is 0 Å². The lowest BCUT2D eigenvalue weighted by atomic mass is 10.2. The van der Waals surface area contributed by atoms with Gasteiger partial charge in [-0.1, -0.05) is 0 Å². The number of hydrogen-bond donors (Lipinski definition) is 0. The molecule has 1 aromatic carbocycles. The lowest BCUT2D eigenvalue weighted by Gasteiger charge is -2.08. The van der Waals surface area contributed by atoms with Crippen LogP contribution in [0.25, 0.3) is 11.0 Å². The number of fused-ring (bicyclic) bond motifs is 1. The molecule has 0 aliphatic heterocycles. The van der Waals surface area contributed by atoms with Crippen LogP contribution in [0.3, 0.4) is 0 Å². The molecule has 0 radical (unpaired) electrons. The van der Waals surface area contributed by atoms with Crippen LogP contribution < -0.4 is 0 Å². The van der Waals surface area contributed by atoms with E-state index in [9.17, 15) is 0 Å². The average molecular weight is 316 g/mol.